The normalized spacial score (nSPS) is 11.2. The molecule has 1 aromatic carbocycles. The summed E-state index contributed by atoms with van der Waals surface area (Å²) in [6.07, 6.45) is 0. The van der Waals surface area contributed by atoms with Crippen molar-refractivity contribution < 1.29 is 13.2 Å². The van der Waals surface area contributed by atoms with Crippen LogP contribution >= 0.6 is 15.9 Å². The molecule has 0 bridgehead atoms. The second-order valence-corrected chi connectivity index (χ2v) is 6.25. The fourth-order valence-corrected chi connectivity index (χ4v) is 3.13. The van der Waals surface area contributed by atoms with Gasteiger partial charge in [0.15, 0.2) is 0 Å². The van der Waals surface area contributed by atoms with Gasteiger partial charge >= 0.3 is 6.03 Å². The molecule has 2 amide bonds. The predicted molar refractivity (Wildman–Crippen MR) is 71.7 cm³/mol. The molecule has 0 aromatic heterocycles. The molecule has 0 saturated carbocycles. The predicted octanol–water partition coefficient (Wildman–Crippen LogP) is 0.704. The number of halogens is 1. The number of hydrogen-bond donors (Lipinski definition) is 3. The van der Waals surface area contributed by atoms with Crippen LogP contribution in [0.4, 0.5) is 4.79 Å². The first-order valence-corrected chi connectivity index (χ1v) is 7.39. The number of sulfonamides is 1. The average Bonchev–Trinajstić information content (AvgIpc) is 2.27. The SMILES string of the molecule is Cc1ccc(Br)cc1S(=O)(=O)NCCNC(N)=O. The molecular formula is C10H14BrN3O3S. The van der Waals surface area contributed by atoms with Crippen LogP contribution < -0.4 is 15.8 Å². The minimum Gasteiger partial charge on any atom is -0.352 e. The zero-order valence-corrected chi connectivity index (χ0v) is 12.1. The van der Waals surface area contributed by atoms with Crippen molar-refractivity contribution in [1.82, 2.24) is 10.0 Å². The van der Waals surface area contributed by atoms with Crippen LogP contribution in [0.5, 0.6) is 0 Å². The molecule has 0 spiro atoms. The van der Waals surface area contributed by atoms with Crippen molar-refractivity contribution in [3.05, 3.63) is 28.2 Å². The number of nitrogens with two attached hydrogens (primary N) is 1. The molecule has 0 aliphatic carbocycles. The topological polar surface area (TPSA) is 101 Å². The number of hydrogen-bond acceptors (Lipinski definition) is 3. The van der Waals surface area contributed by atoms with E-state index in [4.69, 9.17) is 5.73 Å². The fraction of sp³-hybridized carbons (Fsp3) is 0.300. The zero-order valence-electron chi connectivity index (χ0n) is 9.73. The van der Waals surface area contributed by atoms with Gasteiger partial charge in [-0.15, -0.1) is 0 Å². The molecule has 0 aliphatic heterocycles. The maximum atomic E-state index is 12.0. The Morgan fingerprint density at radius 3 is 2.67 bits per heavy atom. The summed E-state index contributed by atoms with van der Waals surface area (Å²) in [7, 11) is -3.58. The van der Waals surface area contributed by atoms with E-state index in [1.54, 1.807) is 19.1 Å². The summed E-state index contributed by atoms with van der Waals surface area (Å²) in [6, 6.07) is 4.32. The highest BCUT2D eigenvalue weighted by Crippen LogP contribution is 2.20. The Labute approximate surface area is 114 Å². The molecule has 1 aromatic rings. The molecule has 18 heavy (non-hydrogen) atoms. The van der Waals surface area contributed by atoms with Gasteiger partial charge < -0.3 is 11.1 Å². The summed E-state index contributed by atoms with van der Waals surface area (Å²) < 4.78 is 27.0. The van der Waals surface area contributed by atoms with E-state index in [0.717, 1.165) is 0 Å². The van der Waals surface area contributed by atoms with Gasteiger partial charge in [0.1, 0.15) is 0 Å². The summed E-state index contributed by atoms with van der Waals surface area (Å²) in [4.78, 5) is 10.6. The van der Waals surface area contributed by atoms with E-state index in [1.807, 2.05) is 0 Å². The van der Waals surface area contributed by atoms with E-state index in [9.17, 15) is 13.2 Å². The van der Waals surface area contributed by atoms with Crippen molar-refractivity contribution in [2.75, 3.05) is 13.1 Å². The van der Waals surface area contributed by atoms with Gasteiger partial charge in [-0.2, -0.15) is 0 Å². The third-order valence-corrected chi connectivity index (χ3v) is 4.25. The smallest absolute Gasteiger partial charge is 0.312 e. The van der Waals surface area contributed by atoms with Crippen molar-refractivity contribution >= 4 is 32.0 Å². The van der Waals surface area contributed by atoms with Crippen LogP contribution in [-0.2, 0) is 10.0 Å². The molecule has 6 nitrogen and oxygen atoms in total. The first-order valence-electron chi connectivity index (χ1n) is 5.12. The third kappa shape index (κ3) is 4.28. The van der Waals surface area contributed by atoms with Gasteiger partial charge in [-0.1, -0.05) is 22.0 Å². The molecule has 8 heteroatoms. The third-order valence-electron chi connectivity index (χ3n) is 2.16. The quantitative estimate of drug-likeness (QED) is 0.690. The Balaban J connectivity index is 2.74. The second-order valence-electron chi connectivity index (χ2n) is 3.60. The molecule has 0 unspecified atom stereocenters. The number of aryl methyl sites for hydroxylation is 1. The van der Waals surface area contributed by atoms with Gasteiger partial charge in [-0.3, -0.25) is 0 Å². The summed E-state index contributed by atoms with van der Waals surface area (Å²) in [5.74, 6) is 0. The van der Waals surface area contributed by atoms with Gasteiger partial charge in [0.25, 0.3) is 0 Å². The van der Waals surface area contributed by atoms with Crippen LogP contribution in [0.3, 0.4) is 0 Å². The number of primary amides is 1. The van der Waals surface area contributed by atoms with E-state index in [1.165, 1.54) is 6.07 Å². The van der Waals surface area contributed by atoms with E-state index in [-0.39, 0.29) is 18.0 Å². The second kappa shape index (κ2) is 6.17. The maximum absolute atomic E-state index is 12.0. The van der Waals surface area contributed by atoms with Crippen LogP contribution in [-0.4, -0.2) is 27.5 Å². The maximum Gasteiger partial charge on any atom is 0.312 e. The van der Waals surface area contributed by atoms with Gasteiger partial charge in [0.05, 0.1) is 4.90 Å². The molecule has 0 heterocycles. The van der Waals surface area contributed by atoms with Gasteiger partial charge in [-0.05, 0) is 24.6 Å². The lowest BCUT2D eigenvalue weighted by Gasteiger charge is -2.09. The highest BCUT2D eigenvalue weighted by Gasteiger charge is 2.16. The van der Waals surface area contributed by atoms with Crippen molar-refractivity contribution in [3.63, 3.8) is 0 Å². The van der Waals surface area contributed by atoms with E-state index in [2.05, 4.69) is 26.0 Å². The largest absolute Gasteiger partial charge is 0.352 e. The molecule has 1 rings (SSSR count). The van der Waals surface area contributed by atoms with E-state index in [0.29, 0.717) is 10.0 Å². The summed E-state index contributed by atoms with van der Waals surface area (Å²) in [5.41, 5.74) is 5.51. The highest BCUT2D eigenvalue weighted by molar-refractivity contribution is 9.10. The molecule has 0 atom stereocenters. The number of amides is 2. The minimum atomic E-state index is -3.58. The molecule has 0 aliphatic rings. The van der Waals surface area contributed by atoms with Crippen molar-refractivity contribution in [2.24, 2.45) is 5.73 Å². The van der Waals surface area contributed by atoms with Crippen molar-refractivity contribution in [3.8, 4) is 0 Å². The number of carbonyl (C=O) groups excluding carboxylic acids is 1. The lowest BCUT2D eigenvalue weighted by molar-refractivity contribution is 0.249. The van der Waals surface area contributed by atoms with Crippen LogP contribution in [0.2, 0.25) is 0 Å². The van der Waals surface area contributed by atoms with Crippen LogP contribution in [0.15, 0.2) is 27.6 Å². The first kappa shape index (κ1) is 14.9. The van der Waals surface area contributed by atoms with Crippen LogP contribution in [0.25, 0.3) is 0 Å². The van der Waals surface area contributed by atoms with E-state index >= 15 is 0 Å². The Hall–Kier alpha value is -1.12. The fourth-order valence-electron chi connectivity index (χ4n) is 1.31. The Morgan fingerprint density at radius 2 is 2.06 bits per heavy atom. The molecule has 0 saturated heterocycles. The lowest BCUT2D eigenvalue weighted by Crippen LogP contribution is -2.37. The minimum absolute atomic E-state index is 0.0806. The monoisotopic (exact) mass is 335 g/mol. The van der Waals surface area contributed by atoms with Crippen LogP contribution in [0.1, 0.15) is 5.56 Å². The Bertz CT molecular complexity index is 545. The number of benzene rings is 1. The summed E-state index contributed by atoms with van der Waals surface area (Å²) >= 11 is 3.22. The number of rotatable bonds is 5. The van der Waals surface area contributed by atoms with Crippen molar-refractivity contribution in [1.29, 1.82) is 0 Å². The molecule has 0 fully saturated rings. The Morgan fingerprint density at radius 1 is 1.39 bits per heavy atom. The Kier molecular flexibility index (Phi) is 5.12. The van der Waals surface area contributed by atoms with Gasteiger partial charge in [0.2, 0.25) is 10.0 Å². The average molecular weight is 336 g/mol. The molecule has 4 N–H and O–H groups in total. The molecule has 100 valence electrons. The molecule has 0 radical (unpaired) electrons. The van der Waals surface area contributed by atoms with Crippen molar-refractivity contribution in [2.45, 2.75) is 11.8 Å². The number of nitrogens with one attached hydrogen (secondary N) is 2. The van der Waals surface area contributed by atoms with Gasteiger partial charge in [0, 0.05) is 17.6 Å². The standard InChI is InChI=1S/C10H14BrN3O3S/c1-7-2-3-8(11)6-9(7)18(16,17)14-5-4-13-10(12)15/h2-3,6,14H,4-5H2,1H3,(H3,12,13,15). The first-order chi connectivity index (χ1) is 8.33. The lowest BCUT2D eigenvalue weighted by atomic mass is 10.2. The summed E-state index contributed by atoms with van der Waals surface area (Å²) in [5, 5.41) is 2.30. The van der Waals surface area contributed by atoms with Gasteiger partial charge in [-0.25, -0.2) is 17.9 Å². The van der Waals surface area contributed by atoms with Crippen LogP contribution in [0, 0.1) is 6.92 Å². The zero-order chi connectivity index (χ0) is 13.8. The number of urea groups is 1. The highest BCUT2D eigenvalue weighted by atomic mass is 79.9. The molecular weight excluding hydrogens is 322 g/mol. The number of carbonyl (C=O) groups is 1. The summed E-state index contributed by atoms with van der Waals surface area (Å²) in [6.45, 7) is 1.93. The van der Waals surface area contributed by atoms with E-state index < -0.39 is 16.1 Å².